The summed E-state index contributed by atoms with van der Waals surface area (Å²) in [6, 6.07) is 6.44. The normalized spacial score (nSPS) is 19.0. The van der Waals surface area contributed by atoms with Gasteiger partial charge in [0.05, 0.1) is 11.5 Å². The number of nitrogens with one attached hydrogen (secondary N) is 1. The molecule has 6 nitrogen and oxygen atoms in total. The summed E-state index contributed by atoms with van der Waals surface area (Å²) in [5, 5.41) is 3.32. The molecule has 134 valence electrons. The molecule has 0 unspecified atom stereocenters. The van der Waals surface area contributed by atoms with Crippen LogP contribution in [-0.2, 0) is 32.5 Å². The summed E-state index contributed by atoms with van der Waals surface area (Å²) in [6.45, 7) is 9.03. The van der Waals surface area contributed by atoms with Gasteiger partial charge >= 0.3 is 0 Å². The first-order chi connectivity index (χ1) is 11.2. The molecule has 24 heavy (non-hydrogen) atoms. The smallest absolute Gasteiger partial charge is 0.293 e. The molecule has 3 rings (SSSR count). The lowest BCUT2D eigenvalue weighted by Gasteiger charge is -2.29. The molecule has 1 fully saturated rings. The number of nitrogens with zero attached hydrogens (tertiary/aromatic N) is 1. The van der Waals surface area contributed by atoms with Crippen molar-refractivity contribution in [2.24, 2.45) is 0 Å². The van der Waals surface area contributed by atoms with Crippen LogP contribution in [0.15, 0.2) is 18.2 Å². The number of fused-ring (bicyclic) bond motifs is 1. The van der Waals surface area contributed by atoms with E-state index in [0.717, 1.165) is 18.8 Å². The minimum absolute atomic E-state index is 0.280. The molecule has 0 atom stereocenters. The average molecular weight is 354 g/mol. The molecule has 2 aliphatic rings. The van der Waals surface area contributed by atoms with E-state index in [9.17, 15) is 13.2 Å². The lowest BCUT2D eigenvalue weighted by molar-refractivity contribution is -0.138. The van der Waals surface area contributed by atoms with Crippen LogP contribution in [-0.4, -0.2) is 45.1 Å². The Morgan fingerprint density at radius 3 is 2.29 bits per heavy atom. The van der Waals surface area contributed by atoms with E-state index in [0.29, 0.717) is 19.6 Å². The van der Waals surface area contributed by atoms with E-state index in [1.165, 1.54) is 11.1 Å². The molecule has 0 amide bonds. The van der Waals surface area contributed by atoms with Gasteiger partial charge in [0.25, 0.3) is 6.47 Å². The summed E-state index contributed by atoms with van der Waals surface area (Å²) < 4.78 is 27.3. The van der Waals surface area contributed by atoms with Crippen molar-refractivity contribution in [3.8, 4) is 0 Å². The Kier molecular flexibility index (Phi) is 5.87. The number of carbonyl (C=O) groups excluding carboxylic acids is 1. The molecule has 2 heterocycles. The molecule has 2 aliphatic heterocycles. The monoisotopic (exact) mass is 354 g/mol. The Morgan fingerprint density at radius 2 is 1.75 bits per heavy atom. The van der Waals surface area contributed by atoms with Crippen LogP contribution in [0.2, 0.25) is 0 Å². The predicted octanol–water partition coefficient (Wildman–Crippen LogP) is 1.48. The molecular formula is C17H26N2O4S. The lowest BCUT2D eigenvalue weighted by Crippen LogP contribution is -2.40. The van der Waals surface area contributed by atoms with Crippen LogP contribution < -0.4 is 10.2 Å². The van der Waals surface area contributed by atoms with Gasteiger partial charge < -0.3 is 15.0 Å². The van der Waals surface area contributed by atoms with E-state index in [1.54, 1.807) is 0 Å². The maximum Gasteiger partial charge on any atom is 0.293 e. The minimum atomic E-state index is -2.79. The fourth-order valence-electron chi connectivity index (χ4n) is 2.59. The first-order valence-electron chi connectivity index (χ1n) is 8.09. The molecule has 0 saturated carbocycles. The number of rotatable bonds is 2. The van der Waals surface area contributed by atoms with E-state index in [1.807, 2.05) is 20.8 Å². The van der Waals surface area contributed by atoms with Crippen molar-refractivity contribution >= 4 is 22.0 Å². The van der Waals surface area contributed by atoms with E-state index in [-0.39, 0.29) is 17.1 Å². The molecule has 1 aromatic rings. The van der Waals surface area contributed by atoms with E-state index in [4.69, 9.17) is 0 Å². The highest BCUT2D eigenvalue weighted by atomic mass is 32.2. The lowest BCUT2D eigenvalue weighted by atomic mass is 10.1. The Labute approximate surface area is 144 Å². The van der Waals surface area contributed by atoms with Crippen molar-refractivity contribution < 1.29 is 17.9 Å². The Balaban J connectivity index is 0.000000256. The van der Waals surface area contributed by atoms with Crippen molar-refractivity contribution in [3.63, 3.8) is 0 Å². The van der Waals surface area contributed by atoms with Crippen LogP contribution in [0.4, 0.5) is 5.69 Å². The topological polar surface area (TPSA) is 75.7 Å². The molecule has 0 aliphatic carbocycles. The van der Waals surface area contributed by atoms with Gasteiger partial charge in [0.1, 0.15) is 5.60 Å². The summed E-state index contributed by atoms with van der Waals surface area (Å²) in [6.07, 6.45) is 0. The number of benzene rings is 1. The molecule has 7 heteroatoms. The second-order valence-corrected chi connectivity index (χ2v) is 9.33. The van der Waals surface area contributed by atoms with Gasteiger partial charge in [0.2, 0.25) is 0 Å². The van der Waals surface area contributed by atoms with Crippen LogP contribution in [0, 0.1) is 0 Å². The van der Waals surface area contributed by atoms with Crippen LogP contribution in [0.1, 0.15) is 31.9 Å². The summed E-state index contributed by atoms with van der Waals surface area (Å²) in [5.41, 5.74) is 3.54. The summed E-state index contributed by atoms with van der Waals surface area (Å²) in [5.74, 6) is 0.560. The molecular weight excluding hydrogens is 328 g/mol. The summed E-state index contributed by atoms with van der Waals surface area (Å²) in [7, 11) is -2.79. The van der Waals surface area contributed by atoms with Gasteiger partial charge in [-0.3, -0.25) is 4.79 Å². The van der Waals surface area contributed by atoms with Crippen LogP contribution in [0.25, 0.3) is 0 Å². The molecule has 0 aromatic heterocycles. The van der Waals surface area contributed by atoms with E-state index >= 15 is 0 Å². The highest BCUT2D eigenvalue weighted by Crippen LogP contribution is 2.24. The number of hydrogen-bond donors (Lipinski definition) is 1. The zero-order chi connectivity index (χ0) is 17.8. The van der Waals surface area contributed by atoms with Crippen molar-refractivity contribution in [2.45, 2.75) is 39.5 Å². The van der Waals surface area contributed by atoms with E-state index < -0.39 is 9.84 Å². The number of anilines is 1. The largest absolute Gasteiger partial charge is 0.462 e. The highest BCUT2D eigenvalue weighted by Gasteiger charge is 2.22. The minimum Gasteiger partial charge on any atom is -0.462 e. The maximum atomic E-state index is 11.4. The number of ether oxygens (including phenoxy) is 1. The second-order valence-electron chi connectivity index (χ2n) is 7.02. The second kappa shape index (κ2) is 7.53. The zero-order valence-electron chi connectivity index (χ0n) is 14.5. The van der Waals surface area contributed by atoms with Gasteiger partial charge in [0, 0.05) is 31.9 Å². The summed E-state index contributed by atoms with van der Waals surface area (Å²) >= 11 is 0. The first kappa shape index (κ1) is 18.7. The van der Waals surface area contributed by atoms with Crippen LogP contribution in [0.5, 0.6) is 0 Å². The van der Waals surface area contributed by atoms with Gasteiger partial charge in [-0.2, -0.15) is 0 Å². The van der Waals surface area contributed by atoms with Crippen molar-refractivity contribution in [1.29, 1.82) is 0 Å². The molecule has 1 aromatic carbocycles. The fraction of sp³-hybridized carbons (Fsp3) is 0.588. The first-order valence-corrected chi connectivity index (χ1v) is 9.92. The number of carbonyl (C=O) groups is 1. The number of hydrogen-bond acceptors (Lipinski definition) is 6. The van der Waals surface area contributed by atoms with Gasteiger partial charge in [-0.05, 0) is 44.0 Å². The fourth-order valence-corrected chi connectivity index (χ4v) is 3.79. The third kappa shape index (κ3) is 5.49. The summed E-state index contributed by atoms with van der Waals surface area (Å²) in [4.78, 5) is 11.8. The number of sulfone groups is 1. The molecule has 0 bridgehead atoms. The average Bonchev–Trinajstić information content (AvgIpc) is 2.94. The maximum absolute atomic E-state index is 11.4. The zero-order valence-corrected chi connectivity index (χ0v) is 15.4. The van der Waals surface area contributed by atoms with Gasteiger partial charge in [-0.1, -0.05) is 6.07 Å². The Hall–Kier alpha value is -1.60. The van der Waals surface area contributed by atoms with Crippen molar-refractivity contribution in [2.75, 3.05) is 29.5 Å². The SMILES string of the molecule is CC(C)(C)OC=O.O=S1(=O)CCN(c2ccc3c(c2)CNC3)CC1. The third-order valence-corrected chi connectivity index (χ3v) is 5.54. The third-order valence-electron chi connectivity index (χ3n) is 3.93. The molecule has 0 spiro atoms. The standard InChI is InChI=1S/C12H16N2O2S.C5H10O2/c15-17(16)5-3-14(4-6-17)12-2-1-10-8-13-9-11(10)7-12;1-5(2,3)7-4-6/h1-2,7,13H,3-6,8-9H2;4H,1-3H3. The quantitative estimate of drug-likeness (QED) is 0.811. The van der Waals surface area contributed by atoms with Gasteiger partial charge in [-0.15, -0.1) is 0 Å². The van der Waals surface area contributed by atoms with E-state index in [2.05, 4.69) is 33.2 Å². The molecule has 1 N–H and O–H groups in total. The molecule has 0 radical (unpaired) electrons. The van der Waals surface area contributed by atoms with Gasteiger partial charge in [0.15, 0.2) is 9.84 Å². The molecule has 1 saturated heterocycles. The Bertz CT molecular complexity index is 666. The van der Waals surface area contributed by atoms with Crippen LogP contribution in [0.3, 0.4) is 0 Å². The van der Waals surface area contributed by atoms with Gasteiger partial charge in [-0.25, -0.2) is 8.42 Å². The van der Waals surface area contributed by atoms with Crippen molar-refractivity contribution in [3.05, 3.63) is 29.3 Å². The Morgan fingerprint density at radius 1 is 1.12 bits per heavy atom. The highest BCUT2D eigenvalue weighted by molar-refractivity contribution is 7.91. The van der Waals surface area contributed by atoms with Crippen molar-refractivity contribution in [1.82, 2.24) is 5.32 Å². The predicted molar refractivity (Wildman–Crippen MR) is 94.8 cm³/mol. The van der Waals surface area contributed by atoms with Crippen LogP contribution >= 0.6 is 0 Å².